The zero-order chi connectivity index (χ0) is 13.0. The molecule has 102 valence electrons. The maximum Gasteiger partial charge on any atom is 0.0965 e. The molecular formula is C15H26N2S. The van der Waals surface area contributed by atoms with Crippen LogP contribution in [0.4, 0.5) is 0 Å². The number of aromatic nitrogens is 1. The van der Waals surface area contributed by atoms with Crippen molar-refractivity contribution in [3.63, 3.8) is 0 Å². The first-order chi connectivity index (χ1) is 8.66. The molecule has 0 bridgehead atoms. The van der Waals surface area contributed by atoms with Crippen molar-refractivity contribution >= 4 is 11.3 Å². The smallest absolute Gasteiger partial charge is 0.0965 e. The summed E-state index contributed by atoms with van der Waals surface area (Å²) in [6.07, 6.45) is 7.42. The molecule has 1 heterocycles. The zero-order valence-corrected chi connectivity index (χ0v) is 12.7. The van der Waals surface area contributed by atoms with E-state index in [2.05, 4.69) is 36.5 Å². The molecule has 0 aromatic carbocycles. The third-order valence-electron chi connectivity index (χ3n) is 4.30. The first-order valence-electron chi connectivity index (χ1n) is 7.29. The highest BCUT2D eigenvalue weighted by Crippen LogP contribution is 2.30. The normalized spacial score (nSPS) is 26.4. The number of rotatable bonds is 5. The molecule has 1 aromatic heterocycles. The van der Waals surface area contributed by atoms with Crippen LogP contribution in [0.25, 0.3) is 0 Å². The van der Waals surface area contributed by atoms with Crippen molar-refractivity contribution in [2.75, 3.05) is 6.54 Å². The first-order valence-corrected chi connectivity index (χ1v) is 8.17. The highest BCUT2D eigenvalue weighted by atomic mass is 32.1. The average Bonchev–Trinajstić information content (AvgIpc) is 2.90. The van der Waals surface area contributed by atoms with Gasteiger partial charge in [-0.15, -0.1) is 11.3 Å². The minimum atomic E-state index is 0.549. The lowest BCUT2D eigenvalue weighted by Crippen LogP contribution is -2.36. The van der Waals surface area contributed by atoms with Crippen LogP contribution in [0, 0.1) is 11.8 Å². The molecule has 1 fully saturated rings. The van der Waals surface area contributed by atoms with Crippen LogP contribution in [0.3, 0.4) is 0 Å². The third kappa shape index (κ3) is 3.79. The number of nitrogens with one attached hydrogen (secondary N) is 1. The third-order valence-corrected chi connectivity index (χ3v) is 5.31. The molecule has 0 radical (unpaired) electrons. The predicted octanol–water partition coefficient (Wildman–Crippen LogP) is 4.05. The van der Waals surface area contributed by atoms with Crippen molar-refractivity contribution < 1.29 is 0 Å². The second kappa shape index (κ2) is 6.67. The van der Waals surface area contributed by atoms with Gasteiger partial charge in [0.15, 0.2) is 0 Å². The van der Waals surface area contributed by atoms with Gasteiger partial charge < -0.3 is 5.32 Å². The van der Waals surface area contributed by atoms with Gasteiger partial charge in [-0.2, -0.15) is 0 Å². The maximum atomic E-state index is 4.39. The molecule has 18 heavy (non-hydrogen) atoms. The van der Waals surface area contributed by atoms with E-state index in [-0.39, 0.29) is 0 Å². The van der Waals surface area contributed by atoms with Crippen molar-refractivity contribution in [1.29, 1.82) is 0 Å². The Balaban J connectivity index is 1.69. The molecule has 1 unspecified atom stereocenters. The summed E-state index contributed by atoms with van der Waals surface area (Å²) in [6.45, 7) is 8.07. The van der Waals surface area contributed by atoms with E-state index in [4.69, 9.17) is 0 Å². The van der Waals surface area contributed by atoms with E-state index in [9.17, 15) is 0 Å². The molecular weight excluding hydrogens is 240 g/mol. The quantitative estimate of drug-likeness (QED) is 0.869. The fourth-order valence-electron chi connectivity index (χ4n) is 2.90. The molecule has 0 aliphatic heterocycles. The minimum absolute atomic E-state index is 0.549. The standard InChI is InChI=1S/C15H26N2S/c1-11(2)13-4-6-14(7-5-13)17-10-12(3)15-16-8-9-18-15/h8-9,11-14,17H,4-7,10H2,1-3H3. The van der Waals surface area contributed by atoms with Crippen LogP contribution in [-0.4, -0.2) is 17.6 Å². The molecule has 2 nitrogen and oxygen atoms in total. The van der Waals surface area contributed by atoms with Crippen molar-refractivity contribution in [1.82, 2.24) is 10.3 Å². The molecule has 1 saturated carbocycles. The van der Waals surface area contributed by atoms with E-state index >= 15 is 0 Å². The lowest BCUT2D eigenvalue weighted by molar-refractivity contribution is 0.238. The molecule has 3 heteroatoms. The Kier molecular flexibility index (Phi) is 5.19. The van der Waals surface area contributed by atoms with E-state index < -0.39 is 0 Å². The zero-order valence-electron chi connectivity index (χ0n) is 11.9. The molecule has 0 amide bonds. The summed E-state index contributed by atoms with van der Waals surface area (Å²) >= 11 is 1.77. The van der Waals surface area contributed by atoms with Crippen LogP contribution < -0.4 is 5.32 Å². The summed E-state index contributed by atoms with van der Waals surface area (Å²) < 4.78 is 0. The maximum absolute atomic E-state index is 4.39. The second-order valence-electron chi connectivity index (χ2n) is 6.04. The van der Waals surface area contributed by atoms with Gasteiger partial charge in [-0.05, 0) is 37.5 Å². The Morgan fingerprint density at radius 3 is 2.56 bits per heavy atom. The topological polar surface area (TPSA) is 24.9 Å². The summed E-state index contributed by atoms with van der Waals surface area (Å²) in [5.41, 5.74) is 0. The van der Waals surface area contributed by atoms with Gasteiger partial charge in [0, 0.05) is 30.1 Å². The molecule has 2 rings (SSSR count). The van der Waals surface area contributed by atoms with E-state index in [0.29, 0.717) is 5.92 Å². The lowest BCUT2D eigenvalue weighted by atomic mass is 9.79. The van der Waals surface area contributed by atoms with Gasteiger partial charge in [0.1, 0.15) is 0 Å². The van der Waals surface area contributed by atoms with Crippen LogP contribution in [0.1, 0.15) is 57.4 Å². The highest BCUT2D eigenvalue weighted by Gasteiger charge is 2.23. The molecule has 1 aromatic rings. The average molecular weight is 266 g/mol. The molecule has 0 spiro atoms. The van der Waals surface area contributed by atoms with E-state index in [1.165, 1.54) is 30.7 Å². The molecule has 1 aliphatic rings. The molecule has 1 N–H and O–H groups in total. The van der Waals surface area contributed by atoms with E-state index in [1.54, 1.807) is 11.3 Å². The fourth-order valence-corrected chi connectivity index (χ4v) is 3.60. The monoisotopic (exact) mass is 266 g/mol. The lowest BCUT2D eigenvalue weighted by Gasteiger charge is -2.31. The summed E-state index contributed by atoms with van der Waals surface area (Å²) in [5.74, 6) is 2.37. The number of hydrogen-bond acceptors (Lipinski definition) is 3. The Labute approximate surface area is 115 Å². The van der Waals surface area contributed by atoms with Crippen molar-refractivity contribution in [2.24, 2.45) is 11.8 Å². The Hall–Kier alpha value is -0.410. The largest absolute Gasteiger partial charge is 0.313 e. The van der Waals surface area contributed by atoms with Gasteiger partial charge in [-0.1, -0.05) is 20.8 Å². The molecule has 1 atom stereocenters. The fraction of sp³-hybridized carbons (Fsp3) is 0.800. The van der Waals surface area contributed by atoms with Crippen LogP contribution in [0.2, 0.25) is 0 Å². The van der Waals surface area contributed by atoms with Gasteiger partial charge in [-0.25, -0.2) is 4.98 Å². The van der Waals surface area contributed by atoms with Gasteiger partial charge >= 0.3 is 0 Å². The Morgan fingerprint density at radius 1 is 1.28 bits per heavy atom. The Morgan fingerprint density at radius 2 is 2.00 bits per heavy atom. The predicted molar refractivity (Wildman–Crippen MR) is 79.1 cm³/mol. The highest BCUT2D eigenvalue weighted by molar-refractivity contribution is 7.09. The van der Waals surface area contributed by atoms with Crippen LogP contribution >= 0.6 is 11.3 Å². The second-order valence-corrected chi connectivity index (χ2v) is 6.96. The van der Waals surface area contributed by atoms with Gasteiger partial charge in [0.05, 0.1) is 5.01 Å². The molecule has 0 saturated heterocycles. The van der Waals surface area contributed by atoms with Gasteiger partial charge in [0.2, 0.25) is 0 Å². The molecule has 1 aliphatic carbocycles. The van der Waals surface area contributed by atoms with Crippen LogP contribution in [0.5, 0.6) is 0 Å². The summed E-state index contributed by atoms with van der Waals surface area (Å²) in [7, 11) is 0. The minimum Gasteiger partial charge on any atom is -0.313 e. The number of thiazole rings is 1. The SMILES string of the molecule is CC(CNC1CCC(C(C)C)CC1)c1nccs1. The van der Waals surface area contributed by atoms with Crippen molar-refractivity contribution in [2.45, 2.75) is 58.4 Å². The number of hydrogen-bond donors (Lipinski definition) is 1. The van der Waals surface area contributed by atoms with Gasteiger partial charge in [-0.3, -0.25) is 0 Å². The van der Waals surface area contributed by atoms with Crippen LogP contribution in [-0.2, 0) is 0 Å². The van der Waals surface area contributed by atoms with Crippen molar-refractivity contribution in [3.05, 3.63) is 16.6 Å². The van der Waals surface area contributed by atoms with E-state index in [0.717, 1.165) is 24.4 Å². The van der Waals surface area contributed by atoms with Gasteiger partial charge in [0.25, 0.3) is 0 Å². The first kappa shape index (κ1) is 14.0. The number of nitrogens with zero attached hydrogens (tertiary/aromatic N) is 1. The van der Waals surface area contributed by atoms with Crippen LogP contribution in [0.15, 0.2) is 11.6 Å². The summed E-state index contributed by atoms with van der Waals surface area (Å²) in [4.78, 5) is 4.39. The van der Waals surface area contributed by atoms with Crippen molar-refractivity contribution in [3.8, 4) is 0 Å². The Bertz CT molecular complexity index is 326. The van der Waals surface area contributed by atoms with E-state index in [1.807, 2.05) is 6.20 Å². The summed E-state index contributed by atoms with van der Waals surface area (Å²) in [6, 6.07) is 0.738. The summed E-state index contributed by atoms with van der Waals surface area (Å²) in [5, 5.41) is 7.07.